The quantitative estimate of drug-likeness (QED) is 0.268. The van der Waals surface area contributed by atoms with E-state index in [-0.39, 0.29) is 11.4 Å². The molecule has 0 saturated carbocycles. The van der Waals surface area contributed by atoms with Crippen molar-refractivity contribution in [3.8, 4) is 0 Å². The number of nitro benzene ring substituents is 4. The number of rotatable bonds is 10. The number of nitro groups is 4. The van der Waals surface area contributed by atoms with E-state index in [2.05, 4.69) is 21.1 Å². The van der Waals surface area contributed by atoms with E-state index in [1.165, 1.54) is 0 Å². The molecule has 2 N–H and O–H groups in total. The minimum Gasteiger partial charge on any atom is -0.272 e. The molecule has 0 heterocycles. The van der Waals surface area contributed by atoms with Crippen molar-refractivity contribution in [3.05, 3.63) is 76.9 Å². The lowest BCUT2D eigenvalue weighted by atomic mass is 9.84. The minimum atomic E-state index is -0.856. The highest BCUT2D eigenvalue weighted by Gasteiger charge is 2.27. The van der Waals surface area contributed by atoms with Crippen LogP contribution < -0.4 is 10.9 Å². The number of hydrogen-bond acceptors (Lipinski definition) is 12. The summed E-state index contributed by atoms with van der Waals surface area (Å²) in [5, 5.41) is 52.6. The van der Waals surface area contributed by atoms with Crippen molar-refractivity contribution < 1.29 is 19.7 Å². The number of nitrogens with one attached hydrogen (secondary N) is 2. The van der Waals surface area contributed by atoms with Crippen LogP contribution in [0.2, 0.25) is 0 Å². The lowest BCUT2D eigenvalue weighted by Gasteiger charge is -2.24. The van der Waals surface area contributed by atoms with Gasteiger partial charge in [0.25, 0.3) is 11.4 Å². The number of nitrogens with zero attached hydrogens (tertiary/aromatic N) is 6. The molecule has 0 saturated heterocycles. The molecule has 0 unspecified atom stereocenters. The summed E-state index contributed by atoms with van der Waals surface area (Å²) in [4.78, 5) is 41.3. The maximum Gasteiger partial charge on any atom is 0.301 e. The van der Waals surface area contributed by atoms with Gasteiger partial charge in [0, 0.05) is 29.0 Å². The molecule has 0 bridgehead atoms. The zero-order valence-electron chi connectivity index (χ0n) is 18.9. The lowest BCUT2D eigenvalue weighted by molar-refractivity contribution is -0.393. The van der Waals surface area contributed by atoms with Gasteiger partial charge in [-0.2, -0.15) is 10.2 Å². The second kappa shape index (κ2) is 10.3. The van der Waals surface area contributed by atoms with Crippen LogP contribution in [-0.2, 0) is 0 Å². The van der Waals surface area contributed by atoms with E-state index in [0.717, 1.165) is 36.4 Å². The normalized spacial score (nSPS) is 12.1. The second-order valence-corrected chi connectivity index (χ2v) is 7.67. The monoisotopic (exact) mass is 488 g/mol. The summed E-state index contributed by atoms with van der Waals surface area (Å²) < 4.78 is 0. The zero-order valence-corrected chi connectivity index (χ0v) is 18.9. The third kappa shape index (κ3) is 6.06. The summed E-state index contributed by atoms with van der Waals surface area (Å²) >= 11 is 0. The van der Waals surface area contributed by atoms with Gasteiger partial charge in [0.2, 0.25) is 0 Å². The molecule has 184 valence electrons. The van der Waals surface area contributed by atoms with Gasteiger partial charge in [0.05, 0.1) is 31.8 Å². The van der Waals surface area contributed by atoms with E-state index in [1.54, 1.807) is 27.7 Å². The van der Waals surface area contributed by atoms with Crippen LogP contribution in [0.5, 0.6) is 0 Å². The number of hydrogen-bond donors (Lipinski definition) is 2. The lowest BCUT2D eigenvalue weighted by Crippen LogP contribution is -2.31. The fourth-order valence-corrected chi connectivity index (χ4v) is 2.59. The van der Waals surface area contributed by atoms with Crippen molar-refractivity contribution in [2.24, 2.45) is 15.6 Å². The summed E-state index contributed by atoms with van der Waals surface area (Å²) in [7, 11) is 0. The Morgan fingerprint density at radius 3 is 1.31 bits per heavy atom. The summed E-state index contributed by atoms with van der Waals surface area (Å²) in [6, 6.07) is 6.14. The van der Waals surface area contributed by atoms with Gasteiger partial charge in [0.15, 0.2) is 0 Å². The van der Waals surface area contributed by atoms with Gasteiger partial charge in [-0.15, -0.1) is 0 Å². The van der Waals surface area contributed by atoms with Crippen LogP contribution in [0.15, 0.2) is 46.6 Å². The van der Waals surface area contributed by atoms with Crippen molar-refractivity contribution in [1.82, 2.24) is 0 Å². The fourth-order valence-electron chi connectivity index (χ4n) is 2.59. The smallest absolute Gasteiger partial charge is 0.272 e. The predicted octanol–water partition coefficient (Wildman–Crippen LogP) is 4.62. The first-order valence-electron chi connectivity index (χ1n) is 9.73. The molecular weight excluding hydrogens is 468 g/mol. The Kier molecular flexibility index (Phi) is 7.70. The van der Waals surface area contributed by atoms with E-state index < -0.39 is 47.9 Å². The second-order valence-electron chi connectivity index (χ2n) is 7.67. The molecule has 0 fully saturated rings. The fraction of sp³-hybridized carbons (Fsp3) is 0.263. The van der Waals surface area contributed by atoms with E-state index in [9.17, 15) is 40.5 Å². The van der Waals surface area contributed by atoms with Crippen LogP contribution in [-0.4, -0.2) is 31.1 Å². The third-order valence-electron chi connectivity index (χ3n) is 5.27. The van der Waals surface area contributed by atoms with E-state index in [1.807, 2.05) is 0 Å². The average molecular weight is 488 g/mol. The predicted molar refractivity (Wildman–Crippen MR) is 127 cm³/mol. The standard InChI is InChI=1S/C19H20N8O8/c1-11(20-22-15-7-5-13(24(28)29)9-17(15)26(32)33)19(3,4)12(2)21-23-16-8-6-14(25(30)31)10-18(16)27(34)35/h5-10,22-23H,1-4H3/b20-11-,21-12-. The van der Waals surface area contributed by atoms with Gasteiger partial charge in [-0.3, -0.25) is 51.3 Å². The Morgan fingerprint density at radius 1 is 0.686 bits per heavy atom. The first-order valence-corrected chi connectivity index (χ1v) is 9.73. The molecule has 16 heteroatoms. The molecule has 16 nitrogen and oxygen atoms in total. The number of anilines is 2. The van der Waals surface area contributed by atoms with Crippen LogP contribution >= 0.6 is 0 Å². The topological polar surface area (TPSA) is 221 Å². The maximum atomic E-state index is 11.3. The summed E-state index contributed by atoms with van der Waals surface area (Å²) in [6.45, 7) is 6.67. The largest absolute Gasteiger partial charge is 0.301 e. The Balaban J connectivity index is 2.29. The molecule has 0 atom stereocenters. The molecule has 0 aliphatic rings. The molecule has 2 aromatic carbocycles. The highest BCUT2D eigenvalue weighted by atomic mass is 16.6. The van der Waals surface area contributed by atoms with E-state index in [4.69, 9.17) is 0 Å². The molecular formula is C19H20N8O8. The molecule has 0 aliphatic carbocycles. The van der Waals surface area contributed by atoms with Crippen molar-refractivity contribution in [3.63, 3.8) is 0 Å². The average Bonchev–Trinajstić information content (AvgIpc) is 2.80. The summed E-state index contributed by atoms with van der Waals surface area (Å²) in [6.07, 6.45) is 0. The Labute approximate surface area is 196 Å². The van der Waals surface area contributed by atoms with Gasteiger partial charge >= 0.3 is 11.4 Å². The highest BCUT2D eigenvalue weighted by molar-refractivity contribution is 6.09. The number of non-ortho nitro benzene ring substituents is 2. The van der Waals surface area contributed by atoms with Gasteiger partial charge in [-0.25, -0.2) is 0 Å². The van der Waals surface area contributed by atoms with Gasteiger partial charge in [-0.05, 0) is 39.8 Å². The van der Waals surface area contributed by atoms with Crippen molar-refractivity contribution in [2.75, 3.05) is 10.9 Å². The first kappa shape index (κ1) is 26.2. The number of hydrazone groups is 2. The van der Waals surface area contributed by atoms with Crippen LogP contribution in [0.25, 0.3) is 0 Å². The minimum absolute atomic E-state index is 0.0648. The molecule has 0 amide bonds. The van der Waals surface area contributed by atoms with Crippen LogP contribution in [0.3, 0.4) is 0 Å². The van der Waals surface area contributed by atoms with Crippen molar-refractivity contribution in [2.45, 2.75) is 27.7 Å². The maximum absolute atomic E-state index is 11.3. The molecule has 0 spiro atoms. The molecule has 0 radical (unpaired) electrons. The van der Waals surface area contributed by atoms with Gasteiger partial charge < -0.3 is 0 Å². The summed E-state index contributed by atoms with van der Waals surface area (Å²) in [5.74, 6) is 0. The van der Waals surface area contributed by atoms with E-state index in [0.29, 0.717) is 11.4 Å². The first-order chi connectivity index (χ1) is 16.2. The summed E-state index contributed by atoms with van der Waals surface area (Å²) in [5.41, 5.74) is 2.93. The van der Waals surface area contributed by atoms with Crippen molar-refractivity contribution >= 4 is 45.5 Å². The molecule has 0 aliphatic heterocycles. The third-order valence-corrected chi connectivity index (χ3v) is 5.27. The van der Waals surface area contributed by atoms with Crippen LogP contribution in [0.1, 0.15) is 27.7 Å². The highest BCUT2D eigenvalue weighted by Crippen LogP contribution is 2.31. The Bertz CT molecular complexity index is 1180. The van der Waals surface area contributed by atoms with Crippen molar-refractivity contribution in [1.29, 1.82) is 0 Å². The molecule has 35 heavy (non-hydrogen) atoms. The van der Waals surface area contributed by atoms with Crippen LogP contribution in [0, 0.1) is 45.9 Å². The van der Waals surface area contributed by atoms with Gasteiger partial charge in [-0.1, -0.05) is 0 Å². The van der Waals surface area contributed by atoms with Crippen LogP contribution in [0.4, 0.5) is 34.1 Å². The molecule has 2 aromatic rings. The molecule has 2 rings (SSSR count). The van der Waals surface area contributed by atoms with Gasteiger partial charge in [0.1, 0.15) is 11.4 Å². The number of benzene rings is 2. The zero-order chi connectivity index (χ0) is 26.5. The Hall–Kier alpha value is -5.02. The SMILES string of the molecule is C/C(=N/Nc1ccc([N+](=O)[O-])cc1[N+](=O)[O-])C(C)(C)/C(C)=N\Nc1ccc([N+](=O)[O-])cc1[N+](=O)[O-]. The Morgan fingerprint density at radius 2 is 1.03 bits per heavy atom. The van der Waals surface area contributed by atoms with E-state index >= 15 is 0 Å². The molecule has 0 aromatic heterocycles.